The van der Waals surface area contributed by atoms with Crippen molar-refractivity contribution in [1.82, 2.24) is 10.1 Å². The fraction of sp³-hybridized carbons (Fsp3) is 0.857. The van der Waals surface area contributed by atoms with Gasteiger partial charge in [0.2, 0.25) is 5.89 Å². The third-order valence-electron chi connectivity index (χ3n) is 4.20. The summed E-state index contributed by atoms with van der Waals surface area (Å²) in [4.78, 5) is 4.63. The Labute approximate surface area is 128 Å². The van der Waals surface area contributed by atoms with Crippen LogP contribution in [-0.4, -0.2) is 38.1 Å². The second-order valence-corrected chi connectivity index (χ2v) is 8.40. The molecule has 4 atom stereocenters. The van der Waals surface area contributed by atoms with Crippen molar-refractivity contribution in [2.45, 2.75) is 61.5 Å². The summed E-state index contributed by atoms with van der Waals surface area (Å²) < 4.78 is 5.49. The Morgan fingerprint density at radius 2 is 1.95 bits per heavy atom. The molecule has 1 aromatic rings. The highest BCUT2D eigenvalue weighted by Gasteiger charge is 2.32. The fourth-order valence-electron chi connectivity index (χ4n) is 3.01. The molecule has 0 amide bonds. The van der Waals surface area contributed by atoms with Crippen molar-refractivity contribution in [2.75, 3.05) is 11.5 Å². The van der Waals surface area contributed by atoms with Gasteiger partial charge < -0.3 is 9.63 Å². The first-order valence-corrected chi connectivity index (χ1v) is 9.60. The number of nitrogens with zero attached hydrogens (tertiary/aromatic N) is 2. The van der Waals surface area contributed by atoms with E-state index in [0.29, 0.717) is 16.4 Å². The van der Waals surface area contributed by atoms with Gasteiger partial charge >= 0.3 is 0 Å². The van der Waals surface area contributed by atoms with Crippen molar-refractivity contribution < 1.29 is 9.63 Å². The quantitative estimate of drug-likeness (QED) is 0.844. The Morgan fingerprint density at radius 1 is 1.15 bits per heavy atom. The smallest absolute Gasteiger partial charge is 0.232 e. The summed E-state index contributed by atoms with van der Waals surface area (Å²) in [5.74, 6) is 3.86. The standard InChI is InChI=1S/C14H22N2O2S2/c1-9-12(20-8-7-19-9)13-15-14(18-16-13)10-5-3-2-4-6-11(10)17/h9-12,17H,2-8H2,1H3. The highest BCUT2D eigenvalue weighted by atomic mass is 32.2. The monoisotopic (exact) mass is 314 g/mol. The lowest BCUT2D eigenvalue weighted by molar-refractivity contribution is 0.119. The van der Waals surface area contributed by atoms with E-state index in [0.717, 1.165) is 37.3 Å². The molecule has 0 radical (unpaired) electrons. The van der Waals surface area contributed by atoms with E-state index in [1.807, 2.05) is 23.5 Å². The lowest BCUT2D eigenvalue weighted by atomic mass is 9.97. The van der Waals surface area contributed by atoms with Gasteiger partial charge in [-0.1, -0.05) is 31.3 Å². The average molecular weight is 314 g/mol. The lowest BCUT2D eigenvalue weighted by Gasteiger charge is -2.24. The van der Waals surface area contributed by atoms with E-state index >= 15 is 0 Å². The Bertz CT molecular complexity index is 441. The first-order chi connectivity index (χ1) is 9.75. The van der Waals surface area contributed by atoms with Crippen molar-refractivity contribution in [3.8, 4) is 0 Å². The third kappa shape index (κ3) is 3.17. The van der Waals surface area contributed by atoms with Crippen molar-refractivity contribution in [2.24, 2.45) is 0 Å². The molecule has 2 heterocycles. The van der Waals surface area contributed by atoms with E-state index in [1.54, 1.807) is 0 Å². The molecule has 0 bridgehead atoms. The van der Waals surface area contributed by atoms with Crippen LogP contribution in [0.25, 0.3) is 0 Å². The summed E-state index contributed by atoms with van der Waals surface area (Å²) in [6.07, 6.45) is 4.93. The van der Waals surface area contributed by atoms with Gasteiger partial charge in [0.1, 0.15) is 0 Å². The number of thioether (sulfide) groups is 2. The van der Waals surface area contributed by atoms with Gasteiger partial charge in [-0.15, -0.1) is 11.8 Å². The molecule has 4 nitrogen and oxygen atoms in total. The highest BCUT2D eigenvalue weighted by molar-refractivity contribution is 8.06. The van der Waals surface area contributed by atoms with Crippen LogP contribution < -0.4 is 0 Å². The number of hydrogen-bond donors (Lipinski definition) is 1. The predicted octanol–water partition coefficient (Wildman–Crippen LogP) is 3.39. The topological polar surface area (TPSA) is 59.2 Å². The molecule has 0 aromatic carbocycles. The molecular weight excluding hydrogens is 292 g/mol. The molecule has 112 valence electrons. The van der Waals surface area contributed by atoms with Crippen LogP contribution in [0.15, 0.2) is 4.52 Å². The minimum Gasteiger partial charge on any atom is -0.392 e. The van der Waals surface area contributed by atoms with Crippen molar-refractivity contribution >= 4 is 23.5 Å². The molecule has 2 fully saturated rings. The maximum Gasteiger partial charge on any atom is 0.232 e. The van der Waals surface area contributed by atoms with Gasteiger partial charge in [0.05, 0.1) is 17.3 Å². The van der Waals surface area contributed by atoms with Crippen LogP contribution in [0.2, 0.25) is 0 Å². The van der Waals surface area contributed by atoms with Gasteiger partial charge in [-0.3, -0.25) is 0 Å². The molecule has 2 aliphatic rings. The second-order valence-electron chi connectivity index (χ2n) is 5.67. The van der Waals surface area contributed by atoms with E-state index < -0.39 is 0 Å². The average Bonchev–Trinajstić information content (AvgIpc) is 2.82. The van der Waals surface area contributed by atoms with Crippen molar-refractivity contribution in [3.63, 3.8) is 0 Å². The number of aliphatic hydroxyl groups excluding tert-OH is 1. The Hall–Kier alpha value is -0.200. The third-order valence-corrected chi connectivity index (χ3v) is 7.28. The summed E-state index contributed by atoms with van der Waals surface area (Å²) in [7, 11) is 0. The zero-order chi connectivity index (χ0) is 13.9. The van der Waals surface area contributed by atoms with E-state index in [-0.39, 0.29) is 12.0 Å². The summed E-state index contributed by atoms with van der Waals surface area (Å²) in [6, 6.07) is 0. The van der Waals surface area contributed by atoms with Crippen LogP contribution in [0.5, 0.6) is 0 Å². The van der Waals surface area contributed by atoms with Crippen LogP contribution >= 0.6 is 23.5 Å². The molecule has 20 heavy (non-hydrogen) atoms. The number of aliphatic hydroxyl groups is 1. The highest BCUT2D eigenvalue weighted by Crippen LogP contribution is 2.42. The summed E-state index contributed by atoms with van der Waals surface area (Å²) >= 11 is 3.90. The van der Waals surface area contributed by atoms with Crippen LogP contribution in [0.1, 0.15) is 61.9 Å². The molecule has 0 spiro atoms. The normalized spacial score (nSPS) is 35.7. The summed E-state index contributed by atoms with van der Waals surface area (Å²) in [5.41, 5.74) is 0. The van der Waals surface area contributed by atoms with Crippen LogP contribution in [0.4, 0.5) is 0 Å². The van der Waals surface area contributed by atoms with E-state index in [2.05, 4.69) is 17.1 Å². The zero-order valence-electron chi connectivity index (χ0n) is 11.8. The van der Waals surface area contributed by atoms with Gasteiger partial charge in [0, 0.05) is 16.8 Å². The van der Waals surface area contributed by atoms with E-state index in [1.165, 1.54) is 12.2 Å². The van der Waals surface area contributed by atoms with Crippen molar-refractivity contribution in [3.05, 3.63) is 11.7 Å². The fourth-order valence-corrected chi connectivity index (χ4v) is 5.69. The minimum absolute atomic E-state index is 0.0373. The number of aromatic nitrogens is 2. The summed E-state index contributed by atoms with van der Waals surface area (Å²) in [5, 5.41) is 15.3. The van der Waals surface area contributed by atoms with Gasteiger partial charge in [-0.05, 0) is 12.8 Å². The lowest BCUT2D eigenvalue weighted by Crippen LogP contribution is -2.18. The zero-order valence-corrected chi connectivity index (χ0v) is 13.5. The molecule has 1 aliphatic heterocycles. The molecule has 1 aliphatic carbocycles. The van der Waals surface area contributed by atoms with Crippen molar-refractivity contribution in [1.29, 1.82) is 0 Å². The molecule has 4 unspecified atom stereocenters. The van der Waals surface area contributed by atoms with Gasteiger partial charge in [0.25, 0.3) is 0 Å². The number of rotatable bonds is 2. The van der Waals surface area contributed by atoms with Gasteiger partial charge in [-0.2, -0.15) is 16.7 Å². The van der Waals surface area contributed by atoms with Crippen LogP contribution in [0, 0.1) is 0 Å². The molecular formula is C14H22N2O2S2. The maximum atomic E-state index is 10.2. The Kier molecular flexibility index (Phi) is 4.94. The predicted molar refractivity (Wildman–Crippen MR) is 83.2 cm³/mol. The molecule has 1 saturated carbocycles. The van der Waals surface area contributed by atoms with Gasteiger partial charge in [0.15, 0.2) is 5.82 Å². The first-order valence-electron chi connectivity index (χ1n) is 7.50. The molecule has 1 aromatic heterocycles. The number of hydrogen-bond acceptors (Lipinski definition) is 6. The Balaban J connectivity index is 1.75. The molecule has 6 heteroatoms. The van der Waals surface area contributed by atoms with E-state index in [9.17, 15) is 5.11 Å². The summed E-state index contributed by atoms with van der Waals surface area (Å²) in [6.45, 7) is 2.23. The van der Waals surface area contributed by atoms with Crippen LogP contribution in [-0.2, 0) is 0 Å². The maximum absolute atomic E-state index is 10.2. The van der Waals surface area contributed by atoms with E-state index in [4.69, 9.17) is 4.52 Å². The minimum atomic E-state index is -0.323. The Morgan fingerprint density at radius 3 is 2.80 bits per heavy atom. The molecule has 3 rings (SSSR count). The first kappa shape index (κ1) is 14.7. The molecule has 1 saturated heterocycles. The van der Waals surface area contributed by atoms with Crippen LogP contribution in [0.3, 0.4) is 0 Å². The largest absolute Gasteiger partial charge is 0.392 e. The second kappa shape index (κ2) is 6.71. The molecule has 1 N–H and O–H groups in total. The van der Waals surface area contributed by atoms with Gasteiger partial charge in [-0.25, -0.2) is 0 Å². The SMILES string of the molecule is CC1SCCSC1c1noc(C2CCCCCC2O)n1.